The summed E-state index contributed by atoms with van der Waals surface area (Å²) < 4.78 is 12.3. The molecule has 0 saturated heterocycles. The van der Waals surface area contributed by atoms with Gasteiger partial charge in [0.1, 0.15) is 0 Å². The zero-order valence-electron chi connectivity index (χ0n) is 11.3. The Morgan fingerprint density at radius 1 is 0.895 bits per heavy atom. The lowest BCUT2D eigenvalue weighted by molar-refractivity contribution is 0.101. The van der Waals surface area contributed by atoms with Crippen LogP contribution in [-0.4, -0.2) is 5.78 Å². The number of benzene rings is 2. The second-order valence-electron chi connectivity index (χ2n) is 3.74. The first-order valence-electron chi connectivity index (χ1n) is 6.21. The van der Waals surface area contributed by atoms with Crippen molar-refractivity contribution in [3.63, 3.8) is 0 Å². The maximum atomic E-state index is 12.3. The lowest BCUT2D eigenvalue weighted by atomic mass is 10.0. The molecular weight excluding hydrogens is 259 g/mol. The maximum Gasteiger partial charge on any atom is 0.159 e. The summed E-state index contributed by atoms with van der Waals surface area (Å²) in [4.78, 5) is 11.7. The minimum absolute atomic E-state index is 0.0562. The van der Waals surface area contributed by atoms with Gasteiger partial charge in [-0.1, -0.05) is 50.2 Å². The van der Waals surface area contributed by atoms with Crippen LogP contribution in [0, 0.1) is 0 Å². The Morgan fingerprint density at radius 2 is 1.32 bits per heavy atom. The van der Waals surface area contributed by atoms with Crippen LogP contribution in [-0.2, 0) is 0 Å². The van der Waals surface area contributed by atoms with Gasteiger partial charge in [-0.25, -0.2) is 0 Å². The van der Waals surface area contributed by atoms with Crippen molar-refractivity contribution in [3.8, 4) is 11.1 Å². The van der Waals surface area contributed by atoms with Gasteiger partial charge in [-0.05, 0) is 30.2 Å². The first-order chi connectivity index (χ1) is 9.20. The van der Waals surface area contributed by atoms with Gasteiger partial charge < -0.3 is 0 Å². The molecule has 0 unspecified atom stereocenters. The van der Waals surface area contributed by atoms with Crippen LogP contribution in [0.2, 0.25) is 0 Å². The van der Waals surface area contributed by atoms with Gasteiger partial charge in [0.05, 0.1) is 12.1 Å². The summed E-state index contributed by atoms with van der Waals surface area (Å²) in [6, 6.07) is 14.6. The number of carbonyl (C=O) groups excluding carboxylic acids is 1. The predicted octanol–water partition coefficient (Wildman–Crippen LogP) is 5.56. The topological polar surface area (TPSA) is 17.1 Å². The van der Waals surface area contributed by atoms with Crippen LogP contribution in [0.1, 0.15) is 31.1 Å². The predicted molar refractivity (Wildman–Crippen MR) is 80.2 cm³/mol. The van der Waals surface area contributed by atoms with E-state index in [-0.39, 0.29) is 17.9 Å². The number of carbonyl (C=O) groups is 1. The minimum Gasteiger partial charge on any atom is -0.295 e. The smallest absolute Gasteiger partial charge is 0.159 e. The van der Waals surface area contributed by atoms with Gasteiger partial charge in [0.15, 0.2) is 5.78 Å². The van der Waals surface area contributed by atoms with Crippen LogP contribution in [0.5, 0.6) is 0 Å². The number of halogens is 1. The van der Waals surface area contributed by atoms with Crippen molar-refractivity contribution < 1.29 is 8.68 Å². The normalized spacial score (nSPS) is 9.47. The highest BCUT2D eigenvalue weighted by Gasteiger charge is 2.01. The molecule has 0 aromatic heterocycles. The van der Waals surface area contributed by atoms with Crippen LogP contribution in [0.3, 0.4) is 0 Å². The van der Waals surface area contributed by atoms with Gasteiger partial charge in [-0.2, -0.15) is 3.89 Å². The average Bonchev–Trinajstić information content (AvgIpc) is 2.49. The molecule has 0 N–H and O–H groups in total. The van der Waals surface area contributed by atoms with E-state index in [4.69, 9.17) is 0 Å². The standard InChI is InChI=1S/C14H11FOS.C2H6/c1-10(16)11-2-4-12(5-3-11)13-6-8-14(17-15)9-7-13;1-2/h2-9H,1H3;1-2H3. The second kappa shape index (κ2) is 7.74. The largest absolute Gasteiger partial charge is 0.295 e. The monoisotopic (exact) mass is 276 g/mol. The number of hydrogen-bond donors (Lipinski definition) is 0. The van der Waals surface area contributed by atoms with Gasteiger partial charge in [-0.3, -0.25) is 4.79 Å². The fraction of sp³-hybridized carbons (Fsp3) is 0.188. The van der Waals surface area contributed by atoms with E-state index in [1.54, 1.807) is 31.2 Å². The van der Waals surface area contributed by atoms with E-state index >= 15 is 0 Å². The number of ketones is 1. The summed E-state index contributed by atoms with van der Waals surface area (Å²) in [5, 5.41) is 0. The van der Waals surface area contributed by atoms with Gasteiger partial charge in [0, 0.05) is 10.5 Å². The highest BCUT2D eigenvalue weighted by molar-refractivity contribution is 7.94. The molecule has 1 nitrogen and oxygen atoms in total. The van der Waals surface area contributed by atoms with Crippen LogP contribution in [0.15, 0.2) is 53.4 Å². The van der Waals surface area contributed by atoms with E-state index in [2.05, 4.69) is 0 Å². The summed E-state index contributed by atoms with van der Waals surface area (Å²) in [5.74, 6) is 0.0562. The first-order valence-corrected chi connectivity index (χ1v) is 6.92. The van der Waals surface area contributed by atoms with Gasteiger partial charge in [0.2, 0.25) is 0 Å². The maximum absolute atomic E-state index is 12.3. The Kier molecular flexibility index (Phi) is 6.30. The molecule has 0 spiro atoms. The Morgan fingerprint density at radius 3 is 1.68 bits per heavy atom. The summed E-state index contributed by atoms with van der Waals surface area (Å²) in [6.07, 6.45) is 0. The van der Waals surface area contributed by atoms with Gasteiger partial charge in [0.25, 0.3) is 0 Å². The Labute approximate surface area is 118 Å². The molecule has 0 heterocycles. The molecule has 0 atom stereocenters. The molecule has 3 heteroatoms. The van der Waals surface area contributed by atoms with E-state index in [0.29, 0.717) is 10.5 Å². The van der Waals surface area contributed by atoms with E-state index < -0.39 is 0 Å². The number of rotatable bonds is 3. The third-order valence-corrected chi connectivity index (χ3v) is 3.02. The number of Topliss-reactive ketones (excluding diaryl/α,β-unsaturated/α-hetero) is 1. The SMILES string of the molecule is CC.CC(=O)c1ccc(-c2ccc(SF)cc2)cc1. The molecule has 100 valence electrons. The lowest BCUT2D eigenvalue weighted by Gasteiger charge is -2.03. The van der Waals surface area contributed by atoms with Crippen LogP contribution in [0.4, 0.5) is 3.89 Å². The quantitative estimate of drug-likeness (QED) is 0.683. The van der Waals surface area contributed by atoms with Crippen molar-refractivity contribution in [3.05, 3.63) is 54.1 Å². The van der Waals surface area contributed by atoms with E-state index in [1.807, 2.05) is 38.1 Å². The van der Waals surface area contributed by atoms with Crippen molar-refractivity contribution in [1.29, 1.82) is 0 Å². The highest BCUT2D eigenvalue weighted by atomic mass is 32.2. The molecule has 2 aromatic rings. The van der Waals surface area contributed by atoms with Crippen molar-refractivity contribution in [2.75, 3.05) is 0 Å². The Balaban J connectivity index is 0.000000861. The third-order valence-electron chi connectivity index (χ3n) is 2.57. The second-order valence-corrected chi connectivity index (χ2v) is 4.36. The van der Waals surface area contributed by atoms with Crippen molar-refractivity contribution >= 4 is 17.9 Å². The van der Waals surface area contributed by atoms with Crippen LogP contribution < -0.4 is 0 Å². The molecule has 2 rings (SSSR count). The summed E-state index contributed by atoms with van der Waals surface area (Å²) in [7, 11) is 0. The van der Waals surface area contributed by atoms with Crippen molar-refractivity contribution in [2.24, 2.45) is 0 Å². The van der Waals surface area contributed by atoms with E-state index in [1.165, 1.54) is 0 Å². The van der Waals surface area contributed by atoms with Crippen LogP contribution >= 0.6 is 12.1 Å². The third kappa shape index (κ3) is 4.21. The molecule has 2 aromatic carbocycles. The fourth-order valence-electron chi connectivity index (χ4n) is 1.60. The molecular formula is C16H17FOS. The summed E-state index contributed by atoms with van der Waals surface area (Å²) >= 11 is 0.234. The molecule has 0 radical (unpaired) electrons. The fourth-order valence-corrected chi connectivity index (χ4v) is 1.84. The molecule has 0 bridgehead atoms. The molecule has 0 fully saturated rings. The average molecular weight is 276 g/mol. The van der Waals surface area contributed by atoms with Gasteiger partial charge in [-0.15, -0.1) is 0 Å². The Hall–Kier alpha value is -1.61. The van der Waals surface area contributed by atoms with Crippen LogP contribution in [0.25, 0.3) is 11.1 Å². The zero-order valence-corrected chi connectivity index (χ0v) is 12.1. The zero-order chi connectivity index (χ0) is 14.3. The lowest BCUT2D eigenvalue weighted by Crippen LogP contribution is -1.90. The molecule has 19 heavy (non-hydrogen) atoms. The molecule has 0 amide bonds. The summed E-state index contributed by atoms with van der Waals surface area (Å²) in [5.41, 5.74) is 2.73. The van der Waals surface area contributed by atoms with Crippen molar-refractivity contribution in [1.82, 2.24) is 0 Å². The van der Waals surface area contributed by atoms with Crippen molar-refractivity contribution in [2.45, 2.75) is 25.7 Å². The summed E-state index contributed by atoms with van der Waals surface area (Å²) in [6.45, 7) is 5.54. The van der Waals surface area contributed by atoms with E-state index in [9.17, 15) is 8.68 Å². The molecule has 0 aliphatic heterocycles. The minimum atomic E-state index is 0.0562. The molecule has 0 aliphatic carbocycles. The molecule has 0 saturated carbocycles. The number of hydrogen-bond acceptors (Lipinski definition) is 2. The Bertz CT molecular complexity index is 517. The first kappa shape index (κ1) is 15.4. The van der Waals surface area contributed by atoms with E-state index in [0.717, 1.165) is 11.1 Å². The van der Waals surface area contributed by atoms with Gasteiger partial charge >= 0.3 is 0 Å². The molecule has 0 aliphatic rings. The highest BCUT2D eigenvalue weighted by Crippen LogP contribution is 2.24.